The minimum Gasteiger partial charge on any atom is -0.507 e. The number of esters is 1. The zero-order valence-electron chi connectivity index (χ0n) is 22.5. The maximum atomic E-state index is 12.0. The van der Waals surface area contributed by atoms with Gasteiger partial charge in [0.25, 0.3) is 0 Å². The first-order valence-corrected chi connectivity index (χ1v) is 13.0. The zero-order valence-corrected chi connectivity index (χ0v) is 22.5. The number of phenols is 5. The first-order chi connectivity index (χ1) is 20.9. The quantitative estimate of drug-likeness (QED) is 0.0638. The fourth-order valence-electron chi connectivity index (χ4n) is 4.43. The summed E-state index contributed by atoms with van der Waals surface area (Å²) in [5.41, 5.74) is 0.0267. The smallest absolute Gasteiger partial charge is 0.507 e. The molecule has 230 valence electrons. The summed E-state index contributed by atoms with van der Waals surface area (Å²) in [4.78, 5) is 22.1. The second-order valence-electron chi connectivity index (χ2n) is 9.86. The van der Waals surface area contributed by atoms with Gasteiger partial charge in [0, 0.05) is 17.7 Å². The molecule has 14 heteroatoms. The third-order valence-electron chi connectivity index (χ3n) is 6.77. The molecule has 1 fully saturated rings. The van der Waals surface area contributed by atoms with Gasteiger partial charge in [0.15, 0.2) is 46.0 Å². The summed E-state index contributed by atoms with van der Waals surface area (Å²) in [7, 11) is 0. The van der Waals surface area contributed by atoms with E-state index in [1.807, 2.05) is 0 Å². The summed E-state index contributed by atoms with van der Waals surface area (Å²) in [6.07, 6.45) is -5.89. The molecule has 2 heterocycles. The van der Waals surface area contributed by atoms with E-state index in [2.05, 4.69) is 0 Å². The van der Waals surface area contributed by atoms with Crippen LogP contribution in [0, 0.1) is 0 Å². The second kappa shape index (κ2) is 12.1. The average Bonchev–Trinajstić information content (AvgIpc) is 2.98. The summed E-state index contributed by atoms with van der Waals surface area (Å²) in [5, 5.41) is 80.8. The summed E-state index contributed by atoms with van der Waals surface area (Å²) < 4.78 is 22.5. The molecule has 1 saturated heterocycles. The number of phenolic OH excluding ortho intramolecular Hbond substituents is 5. The topological polar surface area (TPSA) is 241 Å². The van der Waals surface area contributed by atoms with Gasteiger partial charge in [-0.2, -0.15) is 0 Å². The SMILES string of the molecule is O=c1cc2oc(-c3ccc(O)c(O)c3)c(O[C@@H]3OC(COC(=[OH+])/C=C/c4ccc(O)c(O)c4)[C@@H](O)C(O)C3O)cc-2c(O)c1. The number of fused-ring (bicyclic) bond motifs is 1. The Morgan fingerprint density at radius 3 is 2.23 bits per heavy atom. The van der Waals surface area contributed by atoms with Crippen LogP contribution in [0.1, 0.15) is 5.56 Å². The van der Waals surface area contributed by atoms with Crippen LogP contribution in [-0.4, -0.2) is 88.9 Å². The molecule has 1 aliphatic carbocycles. The first-order valence-electron chi connectivity index (χ1n) is 13.0. The lowest BCUT2D eigenvalue weighted by atomic mass is 9.99. The normalized spacial score (nSPS) is 21.8. The lowest BCUT2D eigenvalue weighted by Gasteiger charge is -2.39. The molecule has 3 aliphatic rings. The predicted molar refractivity (Wildman–Crippen MR) is 151 cm³/mol. The highest BCUT2D eigenvalue weighted by molar-refractivity contribution is 5.88. The van der Waals surface area contributed by atoms with Crippen LogP contribution < -0.4 is 10.2 Å². The van der Waals surface area contributed by atoms with E-state index in [1.165, 1.54) is 36.4 Å². The standard InChI is InChI=1S/C30H26O14/c31-15-9-19(34)16-11-23(29(42-22(16)10-15)14-3-5-18(33)21(36)8-14)43-30-28(40)27(39)26(38)24(44-30)12-41-25(37)6-2-13-1-4-17(32)20(35)7-13/h1-11,24,26-28,30,32-36,38-40H,12H2/p+1/b6-2+/t24?,26-,27?,28?,30-/m1/s1. The Labute approximate surface area is 247 Å². The minimum atomic E-state index is -1.82. The van der Waals surface area contributed by atoms with Gasteiger partial charge in [-0.15, -0.1) is 0 Å². The van der Waals surface area contributed by atoms with Crippen LogP contribution in [0.3, 0.4) is 0 Å². The molecule has 14 nitrogen and oxygen atoms in total. The molecule has 0 saturated carbocycles. The largest absolute Gasteiger partial charge is 0.510 e. The lowest BCUT2D eigenvalue weighted by Crippen LogP contribution is -2.60. The average molecular weight is 612 g/mol. The number of hydrogen-bond acceptors (Lipinski definition) is 13. The van der Waals surface area contributed by atoms with E-state index in [9.17, 15) is 50.4 Å². The van der Waals surface area contributed by atoms with E-state index in [0.717, 1.165) is 30.3 Å². The fourth-order valence-corrected chi connectivity index (χ4v) is 4.43. The van der Waals surface area contributed by atoms with Crippen molar-refractivity contribution in [2.45, 2.75) is 30.7 Å². The Bertz CT molecular complexity index is 1740. The Morgan fingerprint density at radius 2 is 1.52 bits per heavy atom. The van der Waals surface area contributed by atoms with Gasteiger partial charge in [-0.3, -0.25) is 4.79 Å². The van der Waals surface area contributed by atoms with Gasteiger partial charge in [-0.25, -0.2) is 0 Å². The van der Waals surface area contributed by atoms with Crippen molar-refractivity contribution >= 4 is 12.0 Å². The summed E-state index contributed by atoms with van der Waals surface area (Å²) in [6, 6.07) is 10.9. The van der Waals surface area contributed by atoms with Gasteiger partial charge in [-0.1, -0.05) is 6.07 Å². The number of hydrogen-bond donors (Lipinski definition) is 8. The minimum absolute atomic E-state index is 0.0328. The van der Waals surface area contributed by atoms with Crippen molar-refractivity contribution < 1.29 is 64.3 Å². The summed E-state index contributed by atoms with van der Waals surface area (Å²) in [5.74, 6) is -3.11. The zero-order chi connectivity index (χ0) is 31.7. The van der Waals surface area contributed by atoms with Crippen molar-refractivity contribution in [2.75, 3.05) is 6.61 Å². The van der Waals surface area contributed by atoms with E-state index in [0.29, 0.717) is 5.56 Å². The molecule has 2 aromatic carbocycles. The number of benzene rings is 3. The Hall–Kier alpha value is -5.28. The molecule has 5 atom stereocenters. The molecular weight excluding hydrogens is 584 g/mol. The van der Waals surface area contributed by atoms with Gasteiger partial charge >= 0.3 is 5.97 Å². The van der Waals surface area contributed by atoms with Crippen molar-refractivity contribution in [1.29, 1.82) is 0 Å². The van der Waals surface area contributed by atoms with Crippen LogP contribution in [0.4, 0.5) is 0 Å². The molecule has 2 aromatic rings. The van der Waals surface area contributed by atoms with Crippen molar-refractivity contribution in [3.8, 4) is 57.1 Å². The maximum absolute atomic E-state index is 12.0. The first kappa shape index (κ1) is 30.2. The number of aromatic hydroxyl groups is 5. The third kappa shape index (κ3) is 6.23. The molecule has 0 aromatic heterocycles. The number of rotatable bonds is 7. The maximum Gasteiger partial charge on any atom is 0.510 e. The molecular formula is C30H27O14+. The van der Waals surface area contributed by atoms with Crippen LogP contribution in [-0.2, 0) is 9.47 Å². The Morgan fingerprint density at radius 1 is 0.818 bits per heavy atom. The van der Waals surface area contributed by atoms with Crippen LogP contribution in [0.2, 0.25) is 0 Å². The predicted octanol–water partition coefficient (Wildman–Crippen LogP) is 1.36. The van der Waals surface area contributed by atoms with Gasteiger partial charge in [0.1, 0.15) is 29.8 Å². The number of ether oxygens (including phenoxy) is 3. The lowest BCUT2D eigenvalue weighted by molar-refractivity contribution is -0.276. The van der Waals surface area contributed by atoms with Crippen molar-refractivity contribution in [2.24, 2.45) is 0 Å². The van der Waals surface area contributed by atoms with Crippen LogP contribution in [0.5, 0.6) is 34.5 Å². The fraction of sp³-hybridized carbons (Fsp3) is 0.200. The molecule has 0 bridgehead atoms. The molecule has 0 radical (unpaired) electrons. The van der Waals surface area contributed by atoms with E-state index >= 15 is 0 Å². The van der Waals surface area contributed by atoms with Crippen LogP contribution in [0.25, 0.3) is 28.7 Å². The van der Waals surface area contributed by atoms with E-state index < -0.39 is 66.0 Å². The van der Waals surface area contributed by atoms with Crippen LogP contribution in [0.15, 0.2) is 69.9 Å². The van der Waals surface area contributed by atoms with E-state index in [1.54, 1.807) is 0 Å². The Balaban J connectivity index is 1.39. The number of aliphatic hydroxyl groups excluding tert-OH is 3. The monoisotopic (exact) mass is 611 g/mol. The van der Waals surface area contributed by atoms with E-state index in [4.69, 9.17) is 18.6 Å². The van der Waals surface area contributed by atoms with Crippen molar-refractivity contribution in [1.82, 2.24) is 0 Å². The number of carbonyl (C=O) groups excluding carboxylic acids is 1. The van der Waals surface area contributed by atoms with Gasteiger partial charge in [0.2, 0.25) is 12.9 Å². The molecule has 5 rings (SSSR count). The molecule has 3 unspecified atom stereocenters. The Kier molecular flexibility index (Phi) is 8.33. The van der Waals surface area contributed by atoms with Crippen molar-refractivity contribution in [3.05, 3.63) is 76.5 Å². The van der Waals surface area contributed by atoms with Crippen LogP contribution >= 0.6 is 0 Å². The molecule has 2 aliphatic heterocycles. The molecule has 44 heavy (non-hydrogen) atoms. The molecule has 0 amide bonds. The van der Waals surface area contributed by atoms with Gasteiger partial charge < -0.3 is 64.3 Å². The second-order valence-corrected chi connectivity index (χ2v) is 9.86. The van der Waals surface area contributed by atoms with Gasteiger partial charge in [-0.05, 0) is 48.0 Å². The molecule has 0 spiro atoms. The summed E-state index contributed by atoms with van der Waals surface area (Å²) in [6.45, 7) is -0.532. The highest BCUT2D eigenvalue weighted by atomic mass is 16.7. The number of aliphatic hydroxyl groups is 3. The van der Waals surface area contributed by atoms with Crippen molar-refractivity contribution in [3.63, 3.8) is 0 Å². The summed E-state index contributed by atoms with van der Waals surface area (Å²) >= 11 is 0. The van der Waals surface area contributed by atoms with Gasteiger partial charge in [0.05, 0.1) is 11.6 Å². The van der Waals surface area contributed by atoms with E-state index in [-0.39, 0.29) is 39.9 Å². The highest BCUT2D eigenvalue weighted by Gasteiger charge is 2.47. The highest BCUT2D eigenvalue weighted by Crippen LogP contribution is 2.43. The third-order valence-corrected chi connectivity index (χ3v) is 6.77. The molecule has 9 N–H and O–H groups in total.